The van der Waals surface area contributed by atoms with Crippen LogP contribution in [0.25, 0.3) is 0 Å². The van der Waals surface area contributed by atoms with E-state index in [-0.39, 0.29) is 34.4 Å². The van der Waals surface area contributed by atoms with Crippen LogP contribution in [-0.4, -0.2) is 33.4 Å². The van der Waals surface area contributed by atoms with E-state index in [1.54, 1.807) is 0 Å². The molecule has 3 nitrogen and oxygen atoms in total. The highest BCUT2D eigenvalue weighted by atomic mass is 28.4. The van der Waals surface area contributed by atoms with Gasteiger partial charge in [-0.25, -0.2) is 0 Å². The molecule has 0 N–H and O–H groups in total. The Labute approximate surface area is 244 Å². The lowest BCUT2D eigenvalue weighted by atomic mass is 9.44. The molecule has 0 aromatic heterocycles. The molecule has 0 aliphatic heterocycles. The van der Waals surface area contributed by atoms with Crippen LogP contribution < -0.4 is 0 Å². The van der Waals surface area contributed by atoms with Crippen LogP contribution in [-0.2, 0) is 14.0 Å². The molecular formula is C35H66O3Si. The summed E-state index contributed by atoms with van der Waals surface area (Å²) in [6, 6.07) is 3.44. The number of methoxy groups -OCH3 is 1. The van der Waals surface area contributed by atoms with Crippen molar-refractivity contribution in [2.24, 2.45) is 34.0 Å². The zero-order valence-electron chi connectivity index (χ0n) is 27.6. The molecule has 0 heterocycles. The minimum absolute atomic E-state index is 0.0326. The standard InChI is InChI=1S/C35H66O3Si/c1-10-14-15-16-17-18-19-20-23-33(7)30(38-39(11-2,12-3)13-4)26-34(8)27(5)21-24-35(28(6)32(33)36)25-22-29(37-9)31(34)35/h27-31H,10-26H2,1-9H3/t27-,28+,29-,30+,31+,33+,34-,35+/m1/s1. The van der Waals surface area contributed by atoms with Crippen LogP contribution in [0.2, 0.25) is 18.1 Å². The number of rotatable bonds is 15. The van der Waals surface area contributed by atoms with Crippen molar-refractivity contribution < 1.29 is 14.0 Å². The molecule has 3 saturated carbocycles. The Morgan fingerprint density at radius 2 is 1.41 bits per heavy atom. The normalized spacial score (nSPS) is 38.9. The van der Waals surface area contributed by atoms with Gasteiger partial charge in [-0.15, -0.1) is 0 Å². The van der Waals surface area contributed by atoms with E-state index < -0.39 is 8.32 Å². The van der Waals surface area contributed by atoms with E-state index >= 15 is 0 Å². The van der Waals surface area contributed by atoms with Gasteiger partial charge < -0.3 is 9.16 Å². The number of hydrogen-bond donors (Lipinski definition) is 0. The van der Waals surface area contributed by atoms with Gasteiger partial charge in [0.25, 0.3) is 0 Å². The number of ether oxygens (including phenoxy) is 1. The molecule has 4 heteroatoms. The Kier molecular flexibility index (Phi) is 11.8. The Hall–Kier alpha value is -0.193. The van der Waals surface area contributed by atoms with E-state index in [2.05, 4.69) is 55.4 Å². The minimum Gasteiger partial charge on any atom is -0.413 e. The lowest BCUT2D eigenvalue weighted by Crippen LogP contribution is -2.62. The van der Waals surface area contributed by atoms with Gasteiger partial charge in [0.2, 0.25) is 0 Å². The summed E-state index contributed by atoms with van der Waals surface area (Å²) in [6.45, 7) is 19.1. The molecule has 2 bridgehead atoms. The molecule has 0 amide bonds. The summed E-state index contributed by atoms with van der Waals surface area (Å²) in [6.07, 6.45) is 17.5. The zero-order chi connectivity index (χ0) is 28.9. The molecule has 228 valence electrons. The molecule has 0 radical (unpaired) electrons. The molecule has 0 aromatic rings. The maximum Gasteiger partial charge on any atom is 0.192 e. The van der Waals surface area contributed by atoms with Crippen molar-refractivity contribution in [3.05, 3.63) is 0 Å². The largest absolute Gasteiger partial charge is 0.413 e. The van der Waals surface area contributed by atoms with Crippen molar-refractivity contribution in [3.63, 3.8) is 0 Å². The SMILES string of the molecule is CCCCCCCCCC[C@]1(C)C(=O)[C@H](C)[C@@]23CC[C@@H](C)[C@@](C)(C[C@@H]1O[Si](CC)(CC)CC)[C@@H]2[C@H](OC)CC3. The molecule has 8 atom stereocenters. The van der Waals surface area contributed by atoms with Gasteiger partial charge in [0.05, 0.1) is 17.6 Å². The first-order valence-electron chi connectivity index (χ1n) is 17.3. The number of Topliss-reactive ketones (excluding diaryl/α,β-unsaturated/α-hetero) is 1. The van der Waals surface area contributed by atoms with Crippen LogP contribution in [0.1, 0.15) is 145 Å². The predicted octanol–water partition coefficient (Wildman–Crippen LogP) is 10.4. The van der Waals surface area contributed by atoms with Gasteiger partial charge in [-0.05, 0) is 79.3 Å². The van der Waals surface area contributed by atoms with Gasteiger partial charge in [0.1, 0.15) is 5.78 Å². The molecule has 3 fully saturated rings. The average Bonchev–Trinajstić information content (AvgIpc) is 3.34. The van der Waals surface area contributed by atoms with Crippen LogP contribution in [0.5, 0.6) is 0 Å². The summed E-state index contributed by atoms with van der Waals surface area (Å²) < 4.78 is 13.8. The van der Waals surface area contributed by atoms with Crippen molar-refractivity contribution in [1.29, 1.82) is 0 Å². The third-order valence-corrected chi connectivity index (χ3v) is 17.7. The fourth-order valence-electron chi connectivity index (χ4n) is 9.79. The van der Waals surface area contributed by atoms with Gasteiger partial charge in [-0.3, -0.25) is 4.79 Å². The molecule has 0 spiro atoms. The molecule has 0 unspecified atom stereocenters. The molecule has 3 aliphatic carbocycles. The third-order valence-electron chi connectivity index (χ3n) is 13.1. The quantitative estimate of drug-likeness (QED) is 0.147. The number of hydrogen-bond acceptors (Lipinski definition) is 3. The first-order chi connectivity index (χ1) is 18.5. The number of unbranched alkanes of at least 4 members (excludes halogenated alkanes) is 7. The second kappa shape index (κ2) is 13.9. The fraction of sp³-hybridized carbons (Fsp3) is 0.971. The zero-order valence-corrected chi connectivity index (χ0v) is 28.6. The molecule has 0 saturated heterocycles. The average molecular weight is 563 g/mol. The van der Waals surface area contributed by atoms with E-state index in [1.165, 1.54) is 57.8 Å². The van der Waals surface area contributed by atoms with Crippen LogP contribution in [0, 0.1) is 34.0 Å². The van der Waals surface area contributed by atoms with Crippen molar-refractivity contribution in [2.75, 3.05) is 7.11 Å². The van der Waals surface area contributed by atoms with Crippen LogP contribution >= 0.6 is 0 Å². The van der Waals surface area contributed by atoms with E-state index in [1.807, 2.05) is 7.11 Å². The maximum absolute atomic E-state index is 14.9. The van der Waals surface area contributed by atoms with Crippen molar-refractivity contribution in [1.82, 2.24) is 0 Å². The summed E-state index contributed by atoms with van der Waals surface area (Å²) >= 11 is 0. The second-order valence-corrected chi connectivity index (χ2v) is 19.5. The molecule has 39 heavy (non-hydrogen) atoms. The topological polar surface area (TPSA) is 35.5 Å². The Morgan fingerprint density at radius 3 is 1.97 bits per heavy atom. The van der Waals surface area contributed by atoms with Crippen molar-refractivity contribution in [2.45, 2.75) is 176 Å². The van der Waals surface area contributed by atoms with Crippen LogP contribution in [0.4, 0.5) is 0 Å². The summed E-state index contributed by atoms with van der Waals surface area (Å²) in [5.41, 5.74) is -0.148. The smallest absolute Gasteiger partial charge is 0.192 e. The van der Waals surface area contributed by atoms with Crippen molar-refractivity contribution >= 4 is 14.1 Å². The lowest BCUT2D eigenvalue weighted by molar-refractivity contribution is -0.177. The molecule has 0 aromatic carbocycles. The summed E-state index contributed by atoms with van der Waals surface area (Å²) in [5.74, 6) is 1.70. The van der Waals surface area contributed by atoms with Gasteiger partial charge in [-0.2, -0.15) is 0 Å². The molecular weight excluding hydrogens is 496 g/mol. The summed E-state index contributed by atoms with van der Waals surface area (Å²) in [7, 11) is 0.0214. The van der Waals surface area contributed by atoms with E-state index in [9.17, 15) is 4.79 Å². The number of ketones is 1. The van der Waals surface area contributed by atoms with Crippen molar-refractivity contribution in [3.8, 4) is 0 Å². The number of carbonyl (C=O) groups excluding carboxylic acids is 1. The highest BCUT2D eigenvalue weighted by molar-refractivity contribution is 6.73. The summed E-state index contributed by atoms with van der Waals surface area (Å²) in [5, 5.41) is 0. The first-order valence-corrected chi connectivity index (χ1v) is 19.8. The highest BCUT2D eigenvalue weighted by Crippen LogP contribution is 2.69. The third kappa shape index (κ3) is 6.29. The Bertz CT molecular complexity index is 772. The van der Waals surface area contributed by atoms with Gasteiger partial charge >= 0.3 is 0 Å². The second-order valence-electron chi connectivity index (χ2n) is 14.8. The molecule has 3 rings (SSSR count). The van der Waals surface area contributed by atoms with Gasteiger partial charge in [0.15, 0.2) is 8.32 Å². The van der Waals surface area contributed by atoms with E-state index in [4.69, 9.17) is 9.16 Å². The fourth-order valence-corrected chi connectivity index (χ4v) is 12.7. The minimum atomic E-state index is -1.90. The van der Waals surface area contributed by atoms with Gasteiger partial charge in [-0.1, -0.05) is 107 Å². The Morgan fingerprint density at radius 1 is 0.846 bits per heavy atom. The van der Waals surface area contributed by atoms with Gasteiger partial charge in [0, 0.05) is 13.0 Å². The maximum atomic E-state index is 14.9. The Balaban J connectivity index is 1.97. The van der Waals surface area contributed by atoms with Crippen LogP contribution in [0.3, 0.4) is 0 Å². The lowest BCUT2D eigenvalue weighted by Gasteiger charge is -2.62. The number of carbonyl (C=O) groups is 1. The summed E-state index contributed by atoms with van der Waals surface area (Å²) in [4.78, 5) is 14.9. The monoisotopic (exact) mass is 562 g/mol. The molecule has 3 aliphatic rings. The van der Waals surface area contributed by atoms with E-state index in [0.717, 1.165) is 50.2 Å². The first kappa shape index (κ1) is 33.3. The highest BCUT2D eigenvalue weighted by Gasteiger charge is 2.67. The predicted molar refractivity (Wildman–Crippen MR) is 169 cm³/mol. The van der Waals surface area contributed by atoms with Crippen LogP contribution in [0.15, 0.2) is 0 Å². The van der Waals surface area contributed by atoms with E-state index in [0.29, 0.717) is 17.6 Å².